The normalized spacial score (nSPS) is 20.7. The largest absolute Gasteiger partial charge is 0.469 e. The standard InChI is InChI=1S/C23H19BrClN3O3/c1-30-23(29)12-7-8-28(11-12)19-6-5-13-15(19)9-18-21(16(13)10-26)31-22(27-18)14-3-2-4-17(24)20(14)25/h2-4,9,12,19H,5-8,11H2,1H3. The quantitative estimate of drug-likeness (QED) is 0.456. The predicted molar refractivity (Wildman–Crippen MR) is 120 cm³/mol. The molecule has 1 fully saturated rings. The van der Waals surface area contributed by atoms with Gasteiger partial charge in [0.2, 0.25) is 5.89 Å². The van der Waals surface area contributed by atoms with Crippen LogP contribution in [0.1, 0.15) is 35.6 Å². The number of rotatable bonds is 3. The fourth-order valence-corrected chi connectivity index (χ4v) is 5.41. The van der Waals surface area contributed by atoms with Gasteiger partial charge in [0.05, 0.1) is 23.6 Å². The van der Waals surface area contributed by atoms with Crippen molar-refractivity contribution in [1.82, 2.24) is 9.88 Å². The van der Waals surface area contributed by atoms with Crippen LogP contribution in [0.2, 0.25) is 5.02 Å². The maximum Gasteiger partial charge on any atom is 0.310 e. The Kier molecular flexibility index (Phi) is 5.25. The van der Waals surface area contributed by atoms with Crippen LogP contribution in [-0.4, -0.2) is 36.1 Å². The fraction of sp³-hybridized carbons (Fsp3) is 0.348. The first-order chi connectivity index (χ1) is 15.0. The molecule has 0 saturated carbocycles. The van der Waals surface area contributed by atoms with Gasteiger partial charge < -0.3 is 9.15 Å². The number of fused-ring (bicyclic) bond motifs is 2. The van der Waals surface area contributed by atoms with Crippen molar-refractivity contribution in [2.45, 2.75) is 25.3 Å². The minimum absolute atomic E-state index is 0.0921. The molecule has 8 heteroatoms. The second kappa shape index (κ2) is 7.94. The minimum Gasteiger partial charge on any atom is -0.469 e. The number of carbonyl (C=O) groups is 1. The molecule has 31 heavy (non-hydrogen) atoms. The van der Waals surface area contributed by atoms with Gasteiger partial charge in [-0.2, -0.15) is 5.26 Å². The Morgan fingerprint density at radius 2 is 2.26 bits per heavy atom. The van der Waals surface area contributed by atoms with Crippen LogP contribution in [-0.2, 0) is 16.0 Å². The van der Waals surface area contributed by atoms with E-state index < -0.39 is 0 Å². The maximum absolute atomic E-state index is 12.0. The van der Waals surface area contributed by atoms with Crippen LogP contribution < -0.4 is 0 Å². The Labute approximate surface area is 192 Å². The monoisotopic (exact) mass is 499 g/mol. The van der Waals surface area contributed by atoms with Gasteiger partial charge in [-0.1, -0.05) is 17.7 Å². The zero-order valence-corrected chi connectivity index (χ0v) is 19.2. The number of halogens is 2. The van der Waals surface area contributed by atoms with Gasteiger partial charge in [-0.3, -0.25) is 9.69 Å². The van der Waals surface area contributed by atoms with E-state index in [0.717, 1.165) is 41.4 Å². The van der Waals surface area contributed by atoms with Crippen LogP contribution in [0.3, 0.4) is 0 Å². The highest BCUT2D eigenvalue weighted by Crippen LogP contribution is 2.43. The summed E-state index contributed by atoms with van der Waals surface area (Å²) in [6.07, 6.45) is 2.50. The van der Waals surface area contributed by atoms with Gasteiger partial charge in [0, 0.05) is 17.1 Å². The van der Waals surface area contributed by atoms with Crippen LogP contribution in [0.5, 0.6) is 0 Å². The lowest BCUT2D eigenvalue weighted by molar-refractivity contribution is -0.145. The highest BCUT2D eigenvalue weighted by atomic mass is 79.9. The van der Waals surface area contributed by atoms with Gasteiger partial charge in [-0.25, -0.2) is 4.98 Å². The van der Waals surface area contributed by atoms with E-state index in [2.05, 4.69) is 31.9 Å². The molecule has 2 aliphatic rings. The lowest BCUT2D eigenvalue weighted by Crippen LogP contribution is -2.27. The van der Waals surface area contributed by atoms with E-state index in [4.69, 9.17) is 20.8 Å². The Balaban J connectivity index is 1.56. The van der Waals surface area contributed by atoms with Crippen molar-refractivity contribution in [2.75, 3.05) is 20.2 Å². The molecule has 0 amide bonds. The molecule has 5 rings (SSSR count). The van der Waals surface area contributed by atoms with Gasteiger partial charge >= 0.3 is 5.97 Å². The predicted octanol–water partition coefficient (Wildman–Crippen LogP) is 5.26. The summed E-state index contributed by atoms with van der Waals surface area (Å²) < 4.78 is 11.7. The molecule has 0 N–H and O–H groups in total. The number of hydrogen-bond acceptors (Lipinski definition) is 6. The molecule has 0 spiro atoms. The average molecular weight is 501 g/mol. The number of carbonyl (C=O) groups excluding carboxylic acids is 1. The first-order valence-electron chi connectivity index (χ1n) is 10.1. The smallest absolute Gasteiger partial charge is 0.310 e. The summed E-state index contributed by atoms with van der Waals surface area (Å²) in [6.45, 7) is 1.51. The van der Waals surface area contributed by atoms with Gasteiger partial charge in [0.1, 0.15) is 17.1 Å². The molecule has 1 saturated heterocycles. The molecule has 2 atom stereocenters. The fourth-order valence-electron chi connectivity index (χ4n) is 4.84. The molecule has 2 unspecified atom stereocenters. The molecule has 6 nitrogen and oxygen atoms in total. The summed E-state index contributed by atoms with van der Waals surface area (Å²) in [5.41, 5.74) is 4.50. The van der Waals surface area contributed by atoms with E-state index in [1.807, 2.05) is 24.3 Å². The Morgan fingerprint density at radius 1 is 1.42 bits per heavy atom. The number of nitriles is 1. The summed E-state index contributed by atoms with van der Waals surface area (Å²) in [5.74, 6) is 0.149. The highest BCUT2D eigenvalue weighted by Gasteiger charge is 2.38. The van der Waals surface area contributed by atoms with Gasteiger partial charge in [-0.05, 0) is 71.1 Å². The molecule has 1 aliphatic heterocycles. The number of hydrogen-bond donors (Lipinski definition) is 0. The van der Waals surface area contributed by atoms with Crippen molar-refractivity contribution in [3.05, 3.63) is 50.5 Å². The van der Waals surface area contributed by atoms with Crippen LogP contribution in [0.25, 0.3) is 22.6 Å². The molecule has 1 aromatic heterocycles. The lowest BCUT2D eigenvalue weighted by atomic mass is 10.0. The third-order valence-corrected chi connectivity index (χ3v) is 7.63. The molecule has 0 bridgehead atoms. The maximum atomic E-state index is 12.0. The number of ether oxygens (including phenoxy) is 1. The molecule has 1 aliphatic carbocycles. The van der Waals surface area contributed by atoms with Crippen LogP contribution in [0, 0.1) is 17.2 Å². The van der Waals surface area contributed by atoms with Crippen molar-refractivity contribution in [2.24, 2.45) is 5.92 Å². The van der Waals surface area contributed by atoms with Gasteiger partial charge in [0.25, 0.3) is 0 Å². The van der Waals surface area contributed by atoms with Crippen molar-refractivity contribution in [3.63, 3.8) is 0 Å². The number of esters is 1. The van der Waals surface area contributed by atoms with Crippen molar-refractivity contribution in [1.29, 1.82) is 5.26 Å². The van der Waals surface area contributed by atoms with E-state index in [0.29, 0.717) is 39.7 Å². The third kappa shape index (κ3) is 3.34. The molecule has 0 radical (unpaired) electrons. The molecule has 3 aromatic rings. The molecular formula is C23H19BrClN3O3. The number of nitrogens with zero attached hydrogens (tertiary/aromatic N) is 3. The van der Waals surface area contributed by atoms with Gasteiger partial charge in [-0.15, -0.1) is 0 Å². The molecule has 2 heterocycles. The summed E-state index contributed by atoms with van der Waals surface area (Å²) in [7, 11) is 1.44. The van der Waals surface area contributed by atoms with Crippen LogP contribution in [0.15, 0.2) is 33.2 Å². The Bertz CT molecular complexity index is 1250. The number of methoxy groups -OCH3 is 1. The van der Waals surface area contributed by atoms with Crippen LogP contribution in [0.4, 0.5) is 0 Å². The summed E-state index contributed by atoms with van der Waals surface area (Å²) in [6, 6.07) is 10.1. The van der Waals surface area contributed by atoms with E-state index in [-0.39, 0.29) is 17.9 Å². The molecule has 2 aromatic carbocycles. The van der Waals surface area contributed by atoms with Crippen LogP contribution >= 0.6 is 27.5 Å². The topological polar surface area (TPSA) is 79.4 Å². The first-order valence-corrected chi connectivity index (χ1v) is 11.3. The van der Waals surface area contributed by atoms with E-state index >= 15 is 0 Å². The SMILES string of the molecule is COC(=O)C1CCN(C2CCc3c2cc2nc(-c4cccc(Br)c4Cl)oc2c3C#N)C1. The van der Waals surface area contributed by atoms with E-state index in [1.165, 1.54) is 7.11 Å². The Hall–Kier alpha value is -2.40. The van der Waals surface area contributed by atoms with Crippen molar-refractivity contribution < 1.29 is 13.9 Å². The first kappa shape index (κ1) is 20.5. The summed E-state index contributed by atoms with van der Waals surface area (Å²) >= 11 is 9.87. The number of likely N-dealkylation sites (tertiary alicyclic amines) is 1. The second-order valence-electron chi connectivity index (χ2n) is 7.96. The zero-order valence-electron chi connectivity index (χ0n) is 16.8. The van der Waals surface area contributed by atoms with E-state index in [1.54, 1.807) is 0 Å². The molecule has 158 valence electrons. The van der Waals surface area contributed by atoms with Crippen molar-refractivity contribution >= 4 is 44.6 Å². The average Bonchev–Trinajstić information content (AvgIpc) is 3.51. The Morgan fingerprint density at radius 3 is 3.03 bits per heavy atom. The number of benzene rings is 2. The summed E-state index contributed by atoms with van der Waals surface area (Å²) in [5, 5.41) is 10.4. The number of aromatic nitrogens is 1. The summed E-state index contributed by atoms with van der Waals surface area (Å²) in [4.78, 5) is 19.0. The van der Waals surface area contributed by atoms with Crippen molar-refractivity contribution in [3.8, 4) is 17.5 Å². The van der Waals surface area contributed by atoms with Gasteiger partial charge in [0.15, 0.2) is 5.58 Å². The van der Waals surface area contributed by atoms with E-state index in [9.17, 15) is 10.1 Å². The highest BCUT2D eigenvalue weighted by molar-refractivity contribution is 9.10. The zero-order chi connectivity index (χ0) is 21.7. The second-order valence-corrected chi connectivity index (χ2v) is 9.19. The lowest BCUT2D eigenvalue weighted by Gasteiger charge is -2.24. The minimum atomic E-state index is -0.152. The molecular weight excluding hydrogens is 482 g/mol. The number of oxazole rings is 1. The third-order valence-electron chi connectivity index (χ3n) is 6.34.